The summed E-state index contributed by atoms with van der Waals surface area (Å²) in [6, 6.07) is 15.0. The van der Waals surface area contributed by atoms with E-state index in [4.69, 9.17) is 19.7 Å². The first-order valence-electron chi connectivity index (χ1n) is 12.2. The zero-order chi connectivity index (χ0) is 22.6. The maximum absolute atomic E-state index is 8.98. The van der Waals surface area contributed by atoms with Gasteiger partial charge in [0.05, 0.1) is 13.2 Å². The fourth-order valence-corrected chi connectivity index (χ4v) is 4.16. The van der Waals surface area contributed by atoms with Gasteiger partial charge in [0.25, 0.3) is 0 Å². The summed E-state index contributed by atoms with van der Waals surface area (Å²) in [4.78, 5) is 0. The van der Waals surface area contributed by atoms with Crippen LogP contribution in [0.25, 0.3) is 21.5 Å². The second-order valence-electron chi connectivity index (χ2n) is 8.41. The molecular formula is C28H38O4. The molecule has 0 heterocycles. The lowest BCUT2D eigenvalue weighted by atomic mass is 9.98. The molecule has 0 spiro atoms. The molecule has 0 amide bonds. The highest BCUT2D eigenvalue weighted by molar-refractivity contribution is 6.11. The molecule has 2 N–H and O–H groups in total. The third-order valence-electron chi connectivity index (χ3n) is 6.00. The second-order valence-corrected chi connectivity index (χ2v) is 8.41. The summed E-state index contributed by atoms with van der Waals surface area (Å²) in [7, 11) is 0. The number of fused-ring (bicyclic) bond motifs is 2. The van der Waals surface area contributed by atoms with Crippen molar-refractivity contribution in [2.45, 2.75) is 64.7 Å². The van der Waals surface area contributed by atoms with Gasteiger partial charge in [-0.15, -0.1) is 0 Å². The Bertz CT molecular complexity index is 966. The Kier molecular flexibility index (Phi) is 10.1. The third-order valence-corrected chi connectivity index (χ3v) is 6.00. The average molecular weight is 439 g/mol. The number of rotatable bonds is 15. The monoisotopic (exact) mass is 438 g/mol. The Morgan fingerprint density at radius 2 is 1.09 bits per heavy atom. The van der Waals surface area contributed by atoms with E-state index < -0.39 is 0 Å². The molecule has 4 heteroatoms. The number of hydrogen-bond acceptors (Lipinski definition) is 4. The molecule has 0 saturated carbocycles. The van der Waals surface area contributed by atoms with Crippen LogP contribution in [0.15, 0.2) is 42.5 Å². The molecule has 0 fully saturated rings. The number of ether oxygens (including phenoxy) is 2. The van der Waals surface area contributed by atoms with Crippen LogP contribution in [0.5, 0.6) is 11.5 Å². The van der Waals surface area contributed by atoms with Crippen molar-refractivity contribution in [3.8, 4) is 11.5 Å². The number of aliphatic hydroxyl groups excluding tert-OH is 2. The van der Waals surface area contributed by atoms with E-state index in [0.29, 0.717) is 13.2 Å². The Morgan fingerprint density at radius 1 is 0.594 bits per heavy atom. The second kappa shape index (κ2) is 13.3. The first kappa shape index (κ1) is 24.3. The lowest BCUT2D eigenvalue weighted by molar-refractivity contribution is 0.274. The van der Waals surface area contributed by atoms with Gasteiger partial charge in [0.15, 0.2) is 0 Å². The van der Waals surface area contributed by atoms with Crippen molar-refractivity contribution in [1.29, 1.82) is 0 Å². The number of unbranched alkanes of at least 4 members (excludes halogenated alkanes) is 6. The standard InChI is InChI=1S/C28H38O4/c1-2-22-15-16-25-26(21-22)28(32-20-12-6-4-10-18-30)24-14-8-7-13-23(24)27(25)31-19-11-5-3-9-17-29/h7-8,13-16,21,29-30H,2-6,9-12,17-20H2,1H3. The number of aliphatic hydroxyl groups is 2. The Hall–Kier alpha value is -2.30. The molecule has 4 nitrogen and oxygen atoms in total. The largest absolute Gasteiger partial charge is 0.492 e. The highest BCUT2D eigenvalue weighted by Crippen LogP contribution is 2.43. The van der Waals surface area contributed by atoms with Crippen molar-refractivity contribution in [2.75, 3.05) is 26.4 Å². The first-order chi connectivity index (χ1) is 15.8. The number of benzene rings is 3. The fourth-order valence-electron chi connectivity index (χ4n) is 4.16. The van der Waals surface area contributed by atoms with Gasteiger partial charge in [-0.1, -0.05) is 56.2 Å². The summed E-state index contributed by atoms with van der Waals surface area (Å²) in [5, 5.41) is 22.4. The minimum atomic E-state index is 0.263. The van der Waals surface area contributed by atoms with Gasteiger partial charge in [-0.25, -0.2) is 0 Å². The normalized spacial score (nSPS) is 11.3. The van der Waals surface area contributed by atoms with Gasteiger partial charge in [-0.2, -0.15) is 0 Å². The minimum Gasteiger partial charge on any atom is -0.492 e. The van der Waals surface area contributed by atoms with E-state index in [0.717, 1.165) is 90.8 Å². The van der Waals surface area contributed by atoms with E-state index in [9.17, 15) is 0 Å². The van der Waals surface area contributed by atoms with E-state index in [2.05, 4.69) is 49.4 Å². The van der Waals surface area contributed by atoms with Gasteiger partial charge in [-0.3, -0.25) is 0 Å². The summed E-state index contributed by atoms with van der Waals surface area (Å²) in [5.41, 5.74) is 1.29. The predicted molar refractivity (Wildman–Crippen MR) is 133 cm³/mol. The molecule has 0 aromatic heterocycles. The number of aryl methyl sites for hydroxylation is 1. The van der Waals surface area contributed by atoms with Crippen molar-refractivity contribution >= 4 is 21.5 Å². The van der Waals surface area contributed by atoms with Crippen molar-refractivity contribution in [3.05, 3.63) is 48.0 Å². The predicted octanol–water partition coefficient (Wildman–Crippen LogP) is 6.42. The quantitative estimate of drug-likeness (QED) is 0.212. The van der Waals surface area contributed by atoms with Crippen LogP contribution in [0.3, 0.4) is 0 Å². The van der Waals surface area contributed by atoms with Crippen LogP contribution in [0, 0.1) is 0 Å². The average Bonchev–Trinajstić information content (AvgIpc) is 2.83. The Morgan fingerprint density at radius 3 is 1.62 bits per heavy atom. The van der Waals surface area contributed by atoms with Gasteiger partial charge < -0.3 is 19.7 Å². The van der Waals surface area contributed by atoms with Crippen molar-refractivity contribution in [1.82, 2.24) is 0 Å². The molecule has 32 heavy (non-hydrogen) atoms. The molecule has 0 radical (unpaired) electrons. The van der Waals surface area contributed by atoms with E-state index >= 15 is 0 Å². The topological polar surface area (TPSA) is 58.9 Å². The van der Waals surface area contributed by atoms with Crippen LogP contribution in [-0.2, 0) is 6.42 Å². The SMILES string of the molecule is CCc1ccc2c(OCCCCCCO)c3ccccc3c(OCCCCCCO)c2c1. The number of hydrogen-bond donors (Lipinski definition) is 2. The third kappa shape index (κ3) is 6.36. The van der Waals surface area contributed by atoms with Gasteiger partial charge in [0, 0.05) is 34.8 Å². The van der Waals surface area contributed by atoms with Crippen LogP contribution in [0.1, 0.15) is 63.9 Å². The first-order valence-corrected chi connectivity index (χ1v) is 12.2. The molecule has 174 valence electrons. The molecule has 0 bridgehead atoms. The van der Waals surface area contributed by atoms with Crippen molar-refractivity contribution in [3.63, 3.8) is 0 Å². The van der Waals surface area contributed by atoms with Crippen LogP contribution < -0.4 is 9.47 Å². The van der Waals surface area contributed by atoms with Crippen LogP contribution in [-0.4, -0.2) is 36.6 Å². The summed E-state index contributed by atoms with van der Waals surface area (Å²) in [6.45, 7) is 4.04. The van der Waals surface area contributed by atoms with Gasteiger partial charge >= 0.3 is 0 Å². The van der Waals surface area contributed by atoms with Crippen LogP contribution in [0.4, 0.5) is 0 Å². The summed E-state index contributed by atoms with van der Waals surface area (Å²) < 4.78 is 12.8. The molecule has 0 aliphatic heterocycles. The molecule has 0 unspecified atom stereocenters. The summed E-state index contributed by atoms with van der Waals surface area (Å²) in [5.74, 6) is 1.89. The molecular weight excluding hydrogens is 400 g/mol. The van der Waals surface area contributed by atoms with Crippen LogP contribution >= 0.6 is 0 Å². The molecule has 0 aliphatic carbocycles. The molecule has 0 atom stereocenters. The van der Waals surface area contributed by atoms with Crippen molar-refractivity contribution < 1.29 is 19.7 Å². The molecule has 0 aliphatic rings. The molecule has 3 aromatic carbocycles. The van der Waals surface area contributed by atoms with E-state index in [-0.39, 0.29) is 13.2 Å². The smallest absolute Gasteiger partial charge is 0.135 e. The van der Waals surface area contributed by atoms with Gasteiger partial charge in [0.2, 0.25) is 0 Å². The van der Waals surface area contributed by atoms with Crippen LogP contribution in [0.2, 0.25) is 0 Å². The molecule has 3 rings (SSSR count). The summed E-state index contributed by atoms with van der Waals surface area (Å²) in [6.07, 6.45) is 8.85. The van der Waals surface area contributed by atoms with Crippen molar-refractivity contribution in [2.24, 2.45) is 0 Å². The lowest BCUT2D eigenvalue weighted by Crippen LogP contribution is -2.03. The van der Waals surface area contributed by atoms with E-state index in [1.54, 1.807) is 0 Å². The molecule has 0 saturated heterocycles. The lowest BCUT2D eigenvalue weighted by Gasteiger charge is -2.18. The zero-order valence-electron chi connectivity index (χ0n) is 19.4. The highest BCUT2D eigenvalue weighted by atomic mass is 16.5. The maximum atomic E-state index is 8.98. The van der Waals surface area contributed by atoms with Gasteiger partial charge in [-0.05, 0) is 56.6 Å². The summed E-state index contributed by atoms with van der Waals surface area (Å²) >= 11 is 0. The minimum absolute atomic E-state index is 0.263. The molecule has 3 aromatic rings. The fraction of sp³-hybridized carbons (Fsp3) is 0.500. The van der Waals surface area contributed by atoms with E-state index in [1.165, 1.54) is 5.56 Å². The van der Waals surface area contributed by atoms with Gasteiger partial charge in [0.1, 0.15) is 11.5 Å². The Balaban J connectivity index is 1.89. The Labute approximate surface area is 192 Å². The van der Waals surface area contributed by atoms with E-state index in [1.807, 2.05) is 0 Å². The highest BCUT2D eigenvalue weighted by Gasteiger charge is 2.16. The zero-order valence-corrected chi connectivity index (χ0v) is 19.4. The maximum Gasteiger partial charge on any atom is 0.135 e.